The van der Waals surface area contributed by atoms with Crippen LogP contribution in [0.1, 0.15) is 68.2 Å². The Morgan fingerprint density at radius 1 is 1.07 bits per heavy atom. The topological polar surface area (TPSA) is 108 Å². The number of nitrogens with one attached hydrogen (secondary N) is 1. The highest BCUT2D eigenvalue weighted by molar-refractivity contribution is 6.01. The van der Waals surface area contributed by atoms with Crippen LogP contribution in [0.5, 0.6) is 0 Å². The van der Waals surface area contributed by atoms with E-state index in [-0.39, 0.29) is 24.0 Å². The van der Waals surface area contributed by atoms with Crippen molar-refractivity contribution in [2.45, 2.75) is 90.6 Å². The summed E-state index contributed by atoms with van der Waals surface area (Å²) in [5.41, 5.74) is -3.82. The van der Waals surface area contributed by atoms with Gasteiger partial charge in [-0.25, -0.2) is 9.59 Å². The van der Waals surface area contributed by atoms with E-state index in [0.29, 0.717) is 12.9 Å². The van der Waals surface area contributed by atoms with Crippen molar-refractivity contribution >= 4 is 24.3 Å². The maximum absolute atomic E-state index is 13.2. The lowest BCUT2D eigenvalue weighted by Gasteiger charge is -2.35. The molecule has 1 amide bonds. The molecule has 2 aliphatic carbocycles. The molecule has 2 saturated carbocycles. The predicted octanol–water partition coefficient (Wildman–Crippen LogP) is 2.77. The zero-order chi connectivity index (χ0) is 22.4. The first kappa shape index (κ1) is 23.2. The third-order valence-corrected chi connectivity index (χ3v) is 5.14. The SMILES string of the molecule is CC(C)(C)OC(=O)N[C@@]1(C(=O)OC(C)(C)C)CC(=O)[C@H]2[C@H](CC(C)(C)OC=O)[C@H]21. The second kappa shape index (κ2) is 7.29. The second-order valence-corrected chi connectivity index (χ2v) is 10.6. The van der Waals surface area contributed by atoms with Crippen LogP contribution in [-0.4, -0.2) is 46.7 Å². The number of rotatable bonds is 6. The molecule has 1 N–H and O–H groups in total. The number of amides is 1. The van der Waals surface area contributed by atoms with E-state index in [0.717, 1.165) is 0 Å². The van der Waals surface area contributed by atoms with Crippen molar-refractivity contribution in [1.82, 2.24) is 5.32 Å². The van der Waals surface area contributed by atoms with Crippen LogP contribution in [0.3, 0.4) is 0 Å². The van der Waals surface area contributed by atoms with E-state index in [4.69, 9.17) is 14.2 Å². The van der Waals surface area contributed by atoms with E-state index in [9.17, 15) is 19.2 Å². The fraction of sp³-hybridized carbons (Fsp3) is 0.810. The van der Waals surface area contributed by atoms with E-state index in [1.807, 2.05) is 0 Å². The van der Waals surface area contributed by atoms with Crippen LogP contribution >= 0.6 is 0 Å². The Morgan fingerprint density at radius 3 is 2.10 bits per heavy atom. The highest BCUT2D eigenvalue weighted by Crippen LogP contribution is 2.63. The van der Waals surface area contributed by atoms with Gasteiger partial charge in [0, 0.05) is 18.3 Å². The largest absolute Gasteiger partial charge is 0.462 e. The molecule has 2 fully saturated rings. The molecular weight excluding hydrogens is 378 g/mol. The maximum atomic E-state index is 13.2. The predicted molar refractivity (Wildman–Crippen MR) is 104 cm³/mol. The molecule has 4 atom stereocenters. The van der Waals surface area contributed by atoms with Crippen molar-refractivity contribution in [3.63, 3.8) is 0 Å². The van der Waals surface area contributed by atoms with E-state index in [1.165, 1.54) is 0 Å². The first-order valence-corrected chi connectivity index (χ1v) is 9.90. The van der Waals surface area contributed by atoms with Crippen molar-refractivity contribution in [3.05, 3.63) is 0 Å². The molecule has 0 bridgehead atoms. The minimum Gasteiger partial charge on any atom is -0.462 e. The quantitative estimate of drug-likeness (QED) is 0.407. The van der Waals surface area contributed by atoms with Gasteiger partial charge in [-0.15, -0.1) is 0 Å². The molecule has 8 heteroatoms. The van der Waals surface area contributed by atoms with Gasteiger partial charge in [0.05, 0.1) is 0 Å². The normalized spacial score (nSPS) is 29.0. The van der Waals surface area contributed by atoms with Crippen LogP contribution in [-0.2, 0) is 28.6 Å². The van der Waals surface area contributed by atoms with Gasteiger partial charge < -0.3 is 19.5 Å². The summed E-state index contributed by atoms with van der Waals surface area (Å²) in [6, 6.07) is 0. The Morgan fingerprint density at radius 2 is 1.62 bits per heavy atom. The molecule has 0 radical (unpaired) electrons. The Balaban J connectivity index is 2.32. The third-order valence-electron chi connectivity index (χ3n) is 5.14. The number of esters is 1. The molecule has 29 heavy (non-hydrogen) atoms. The van der Waals surface area contributed by atoms with E-state index in [1.54, 1.807) is 55.4 Å². The monoisotopic (exact) mass is 411 g/mol. The maximum Gasteiger partial charge on any atom is 0.408 e. The molecule has 0 aromatic heterocycles. The lowest BCUT2D eigenvalue weighted by atomic mass is 9.86. The summed E-state index contributed by atoms with van der Waals surface area (Å²) >= 11 is 0. The Bertz CT molecular complexity index is 701. The van der Waals surface area contributed by atoms with Gasteiger partial charge in [0.2, 0.25) is 0 Å². The van der Waals surface area contributed by atoms with Crippen molar-refractivity contribution in [1.29, 1.82) is 0 Å². The lowest BCUT2D eigenvalue weighted by Crippen LogP contribution is -2.59. The fourth-order valence-corrected chi connectivity index (χ4v) is 4.24. The molecule has 0 aromatic rings. The number of alkyl carbamates (subject to hydrolysis) is 1. The minimum absolute atomic E-state index is 0.108. The first-order valence-electron chi connectivity index (χ1n) is 9.90. The van der Waals surface area contributed by atoms with Gasteiger partial charge in [-0.05, 0) is 67.7 Å². The van der Waals surface area contributed by atoms with E-state index in [2.05, 4.69) is 5.32 Å². The first-order chi connectivity index (χ1) is 13.0. The number of ether oxygens (including phenoxy) is 3. The third kappa shape index (κ3) is 5.28. The number of fused-ring (bicyclic) bond motifs is 1. The van der Waals surface area contributed by atoms with Crippen LogP contribution in [0, 0.1) is 17.8 Å². The van der Waals surface area contributed by atoms with E-state index < -0.39 is 40.3 Å². The van der Waals surface area contributed by atoms with Crippen molar-refractivity contribution in [3.8, 4) is 0 Å². The molecule has 8 nitrogen and oxygen atoms in total. The summed E-state index contributed by atoms with van der Waals surface area (Å²) in [6.07, 6.45) is -0.513. The molecule has 0 spiro atoms. The lowest BCUT2D eigenvalue weighted by molar-refractivity contribution is -0.165. The molecule has 2 rings (SSSR count). The number of ketones is 1. The Hall–Kier alpha value is -2.12. The van der Waals surface area contributed by atoms with Gasteiger partial charge in [-0.3, -0.25) is 9.59 Å². The molecule has 0 aliphatic heterocycles. The van der Waals surface area contributed by atoms with Crippen molar-refractivity contribution in [2.75, 3.05) is 0 Å². The molecule has 0 heterocycles. The Labute approximate surface area is 172 Å². The average molecular weight is 411 g/mol. The van der Waals surface area contributed by atoms with Crippen molar-refractivity contribution < 1.29 is 33.4 Å². The van der Waals surface area contributed by atoms with Gasteiger partial charge in [0.15, 0.2) is 5.54 Å². The van der Waals surface area contributed by atoms with Crippen molar-refractivity contribution in [2.24, 2.45) is 17.8 Å². The standard InChI is InChI=1S/C21H33NO7/c1-18(2,3)28-16(25)21(22-17(26)29-19(4,5)6)10-13(24)14-12(15(14)21)9-20(7,8)27-11-23/h11-12,14-15H,9-10H2,1-8H3,(H,22,26)/t12-,14+,15+,21-/m0/s1. The van der Waals surface area contributed by atoms with Gasteiger partial charge >= 0.3 is 12.1 Å². The summed E-state index contributed by atoms with van der Waals surface area (Å²) in [5, 5.41) is 2.67. The van der Waals surface area contributed by atoms with Crippen LogP contribution in [0.15, 0.2) is 0 Å². The number of Topliss-reactive ketones (excluding diaryl/α,β-unsaturated/α-hetero) is 1. The van der Waals surface area contributed by atoms with Crippen LogP contribution in [0.4, 0.5) is 4.79 Å². The highest BCUT2D eigenvalue weighted by Gasteiger charge is 2.74. The van der Waals surface area contributed by atoms with Gasteiger partial charge in [-0.2, -0.15) is 0 Å². The molecule has 164 valence electrons. The summed E-state index contributed by atoms with van der Waals surface area (Å²) in [7, 11) is 0. The van der Waals surface area contributed by atoms with Crippen LogP contribution in [0.2, 0.25) is 0 Å². The molecule has 0 unspecified atom stereocenters. The molecule has 0 saturated heterocycles. The summed E-state index contributed by atoms with van der Waals surface area (Å²) in [5.74, 6) is -1.76. The smallest absolute Gasteiger partial charge is 0.408 e. The molecular formula is C21H33NO7. The zero-order valence-corrected chi connectivity index (χ0v) is 18.6. The van der Waals surface area contributed by atoms with Crippen LogP contribution < -0.4 is 5.32 Å². The van der Waals surface area contributed by atoms with Gasteiger partial charge in [-0.1, -0.05) is 0 Å². The molecule has 0 aromatic carbocycles. The van der Waals surface area contributed by atoms with Gasteiger partial charge in [0.25, 0.3) is 6.47 Å². The summed E-state index contributed by atoms with van der Waals surface area (Å²) in [6.45, 7) is 14.2. The summed E-state index contributed by atoms with van der Waals surface area (Å²) in [4.78, 5) is 49.2. The number of carbonyl (C=O) groups excluding carboxylic acids is 4. The second-order valence-electron chi connectivity index (χ2n) is 10.6. The van der Waals surface area contributed by atoms with Gasteiger partial charge in [0.1, 0.15) is 22.6 Å². The van der Waals surface area contributed by atoms with Crippen LogP contribution in [0.25, 0.3) is 0 Å². The summed E-state index contributed by atoms with van der Waals surface area (Å²) < 4.78 is 16.0. The fourth-order valence-electron chi connectivity index (χ4n) is 4.24. The number of hydrogen-bond donors (Lipinski definition) is 1. The molecule has 2 aliphatic rings. The average Bonchev–Trinajstić information content (AvgIpc) is 3.06. The highest BCUT2D eigenvalue weighted by atomic mass is 16.6. The minimum atomic E-state index is -1.49. The number of carbonyl (C=O) groups is 4. The van der Waals surface area contributed by atoms with E-state index >= 15 is 0 Å². The number of hydrogen-bond acceptors (Lipinski definition) is 7. The Kier molecular flexibility index (Phi) is 5.82. The zero-order valence-electron chi connectivity index (χ0n) is 18.6.